The quantitative estimate of drug-likeness (QED) is 0.398. The molecule has 0 radical (unpaired) electrons. The fourth-order valence-electron chi connectivity index (χ4n) is 1.03. The number of esters is 1. The SMILES string of the molecule is CONC(=COC(C)=O)c1ccc(I)cc1. The molecule has 0 unspecified atom stereocenters. The van der Waals surface area contributed by atoms with Crippen LogP contribution in [0, 0.1) is 3.57 Å². The Kier molecular flexibility index (Phi) is 5.27. The van der Waals surface area contributed by atoms with E-state index in [9.17, 15) is 4.79 Å². The molecule has 0 amide bonds. The summed E-state index contributed by atoms with van der Waals surface area (Å²) in [7, 11) is 1.49. The number of carbonyl (C=O) groups is 1. The first kappa shape index (κ1) is 13.0. The van der Waals surface area contributed by atoms with Crippen LogP contribution in [0.25, 0.3) is 5.70 Å². The number of rotatable bonds is 4. The van der Waals surface area contributed by atoms with Crippen molar-refractivity contribution in [1.29, 1.82) is 0 Å². The second-order valence-electron chi connectivity index (χ2n) is 2.95. The van der Waals surface area contributed by atoms with E-state index in [1.165, 1.54) is 20.3 Å². The number of hydroxylamine groups is 1. The largest absolute Gasteiger partial charge is 0.432 e. The van der Waals surface area contributed by atoms with Gasteiger partial charge in [-0.25, -0.2) is 0 Å². The zero-order valence-corrected chi connectivity index (χ0v) is 11.1. The fraction of sp³-hybridized carbons (Fsp3) is 0.182. The predicted octanol–water partition coefficient (Wildman–Crippen LogP) is 2.30. The predicted molar refractivity (Wildman–Crippen MR) is 69.0 cm³/mol. The van der Waals surface area contributed by atoms with Crippen LogP contribution in [0.3, 0.4) is 0 Å². The molecule has 86 valence electrons. The lowest BCUT2D eigenvalue weighted by molar-refractivity contribution is -0.135. The topological polar surface area (TPSA) is 47.6 Å². The van der Waals surface area contributed by atoms with Crippen LogP contribution in [0.2, 0.25) is 0 Å². The molecule has 0 aromatic heterocycles. The molecule has 1 aromatic carbocycles. The van der Waals surface area contributed by atoms with Crippen LogP contribution in [0.1, 0.15) is 12.5 Å². The van der Waals surface area contributed by atoms with Gasteiger partial charge in [0.05, 0.1) is 7.11 Å². The standard InChI is InChI=1S/C11H12INO3/c1-8(14)16-7-11(13-15-2)9-3-5-10(12)6-4-9/h3-7,13H,1-2H3. The van der Waals surface area contributed by atoms with E-state index in [4.69, 9.17) is 9.57 Å². The summed E-state index contributed by atoms with van der Waals surface area (Å²) in [5, 5.41) is 0. The first-order valence-electron chi connectivity index (χ1n) is 4.56. The third kappa shape index (κ3) is 4.19. The van der Waals surface area contributed by atoms with Gasteiger partial charge in [-0.1, -0.05) is 12.1 Å². The van der Waals surface area contributed by atoms with Crippen molar-refractivity contribution in [2.45, 2.75) is 6.92 Å². The fourth-order valence-corrected chi connectivity index (χ4v) is 1.39. The van der Waals surface area contributed by atoms with Crippen LogP contribution >= 0.6 is 22.6 Å². The monoisotopic (exact) mass is 333 g/mol. The molecule has 0 aliphatic heterocycles. The van der Waals surface area contributed by atoms with Crippen LogP contribution in [0.15, 0.2) is 30.5 Å². The first-order valence-corrected chi connectivity index (χ1v) is 5.63. The van der Waals surface area contributed by atoms with Crippen LogP contribution in [0.4, 0.5) is 0 Å². The highest BCUT2D eigenvalue weighted by molar-refractivity contribution is 14.1. The van der Waals surface area contributed by atoms with Gasteiger partial charge < -0.3 is 4.74 Å². The van der Waals surface area contributed by atoms with Crippen LogP contribution < -0.4 is 5.48 Å². The highest BCUT2D eigenvalue weighted by Gasteiger charge is 2.02. The number of benzene rings is 1. The molecule has 0 aliphatic carbocycles. The number of hydrogen-bond donors (Lipinski definition) is 1. The average Bonchev–Trinajstić information content (AvgIpc) is 2.25. The van der Waals surface area contributed by atoms with E-state index in [-0.39, 0.29) is 5.97 Å². The lowest BCUT2D eigenvalue weighted by Gasteiger charge is -2.08. The summed E-state index contributed by atoms with van der Waals surface area (Å²) in [6, 6.07) is 7.72. The third-order valence-corrected chi connectivity index (χ3v) is 2.43. The minimum Gasteiger partial charge on any atom is -0.432 e. The molecule has 1 aromatic rings. The van der Waals surface area contributed by atoms with E-state index in [2.05, 4.69) is 28.1 Å². The first-order chi connectivity index (χ1) is 7.63. The van der Waals surface area contributed by atoms with Gasteiger partial charge >= 0.3 is 5.97 Å². The number of hydrogen-bond acceptors (Lipinski definition) is 4. The lowest BCUT2D eigenvalue weighted by Crippen LogP contribution is -2.11. The summed E-state index contributed by atoms with van der Waals surface area (Å²) in [6.45, 7) is 1.34. The van der Waals surface area contributed by atoms with Crippen molar-refractivity contribution < 1.29 is 14.4 Å². The maximum atomic E-state index is 10.7. The molecule has 0 bridgehead atoms. The molecule has 1 rings (SSSR count). The van der Waals surface area contributed by atoms with Crippen molar-refractivity contribution in [2.75, 3.05) is 7.11 Å². The third-order valence-electron chi connectivity index (χ3n) is 1.71. The van der Waals surface area contributed by atoms with Crippen molar-refractivity contribution in [3.63, 3.8) is 0 Å². The van der Waals surface area contributed by atoms with E-state index < -0.39 is 0 Å². The van der Waals surface area contributed by atoms with Crippen LogP contribution in [0.5, 0.6) is 0 Å². The van der Waals surface area contributed by atoms with E-state index in [0.29, 0.717) is 5.70 Å². The van der Waals surface area contributed by atoms with Gasteiger partial charge in [0.2, 0.25) is 0 Å². The Hall–Kier alpha value is -1.08. The molecule has 1 N–H and O–H groups in total. The molecular formula is C11H12INO3. The van der Waals surface area contributed by atoms with Gasteiger partial charge in [0.1, 0.15) is 12.0 Å². The second kappa shape index (κ2) is 6.49. The Morgan fingerprint density at radius 1 is 1.38 bits per heavy atom. The van der Waals surface area contributed by atoms with Gasteiger partial charge in [0, 0.05) is 16.1 Å². The van der Waals surface area contributed by atoms with E-state index >= 15 is 0 Å². The smallest absolute Gasteiger partial charge is 0.307 e. The van der Waals surface area contributed by atoms with Gasteiger partial charge in [-0.3, -0.25) is 15.1 Å². The molecule has 0 atom stereocenters. The Morgan fingerprint density at radius 3 is 2.50 bits per heavy atom. The van der Waals surface area contributed by atoms with Gasteiger partial charge in [-0.05, 0) is 34.7 Å². The number of nitrogens with one attached hydrogen (secondary N) is 1. The van der Waals surface area contributed by atoms with Gasteiger partial charge in [-0.15, -0.1) is 0 Å². The van der Waals surface area contributed by atoms with E-state index in [1.807, 2.05) is 24.3 Å². The van der Waals surface area contributed by atoms with Crippen molar-refractivity contribution in [3.8, 4) is 0 Å². The summed E-state index contributed by atoms with van der Waals surface area (Å²) in [6.07, 6.45) is 1.33. The number of ether oxygens (including phenoxy) is 1. The van der Waals surface area contributed by atoms with Crippen molar-refractivity contribution in [3.05, 3.63) is 39.7 Å². The Bertz CT molecular complexity index is 387. The molecule has 0 aliphatic rings. The molecule has 0 heterocycles. The molecule has 5 heteroatoms. The molecule has 0 saturated heterocycles. The van der Waals surface area contributed by atoms with Crippen molar-refractivity contribution in [1.82, 2.24) is 5.48 Å². The minimum atomic E-state index is -0.374. The zero-order valence-electron chi connectivity index (χ0n) is 8.99. The zero-order chi connectivity index (χ0) is 12.0. The summed E-state index contributed by atoms with van der Waals surface area (Å²) >= 11 is 2.22. The lowest BCUT2D eigenvalue weighted by atomic mass is 10.2. The maximum absolute atomic E-state index is 10.7. The minimum absolute atomic E-state index is 0.374. The second-order valence-corrected chi connectivity index (χ2v) is 4.20. The van der Waals surface area contributed by atoms with Crippen LogP contribution in [-0.2, 0) is 14.4 Å². The van der Waals surface area contributed by atoms with Gasteiger partial charge in [0.15, 0.2) is 0 Å². The van der Waals surface area contributed by atoms with Gasteiger partial charge in [0.25, 0.3) is 0 Å². The summed E-state index contributed by atoms with van der Waals surface area (Å²) in [4.78, 5) is 15.5. The maximum Gasteiger partial charge on any atom is 0.307 e. The summed E-state index contributed by atoms with van der Waals surface area (Å²) < 4.78 is 5.93. The molecule has 16 heavy (non-hydrogen) atoms. The van der Waals surface area contributed by atoms with E-state index in [0.717, 1.165) is 9.13 Å². The molecule has 0 saturated carbocycles. The Labute approximate surface area is 108 Å². The van der Waals surface area contributed by atoms with E-state index in [1.54, 1.807) is 0 Å². The summed E-state index contributed by atoms with van der Waals surface area (Å²) in [5.74, 6) is -0.374. The molecule has 0 fully saturated rings. The summed E-state index contributed by atoms with van der Waals surface area (Å²) in [5.41, 5.74) is 4.13. The normalized spacial score (nSPS) is 11.1. The average molecular weight is 333 g/mol. The number of halogens is 1. The van der Waals surface area contributed by atoms with Crippen LogP contribution in [-0.4, -0.2) is 13.1 Å². The molecule has 4 nitrogen and oxygen atoms in total. The Balaban J connectivity index is 2.88. The van der Waals surface area contributed by atoms with Crippen molar-refractivity contribution in [2.24, 2.45) is 0 Å². The highest BCUT2D eigenvalue weighted by atomic mass is 127. The van der Waals surface area contributed by atoms with Crippen molar-refractivity contribution >= 4 is 34.3 Å². The van der Waals surface area contributed by atoms with Gasteiger partial charge in [-0.2, -0.15) is 0 Å². The molecular weight excluding hydrogens is 321 g/mol. The highest BCUT2D eigenvalue weighted by Crippen LogP contribution is 2.14. The number of carbonyl (C=O) groups excluding carboxylic acids is 1. The Morgan fingerprint density at radius 2 is 2.00 bits per heavy atom. The molecule has 0 spiro atoms.